The van der Waals surface area contributed by atoms with Crippen molar-refractivity contribution < 1.29 is 29.0 Å². The van der Waals surface area contributed by atoms with Gasteiger partial charge in [-0.1, -0.05) is 26.7 Å². The van der Waals surface area contributed by atoms with Gasteiger partial charge in [0, 0.05) is 18.7 Å². The third-order valence-corrected chi connectivity index (χ3v) is 9.62. The van der Waals surface area contributed by atoms with Gasteiger partial charge >= 0.3 is 5.97 Å². The van der Waals surface area contributed by atoms with Crippen molar-refractivity contribution >= 4 is 17.8 Å². The molecular formula is C31H43N3O6. The van der Waals surface area contributed by atoms with Gasteiger partial charge in [-0.3, -0.25) is 14.4 Å². The quantitative estimate of drug-likeness (QED) is 0.399. The zero-order chi connectivity index (χ0) is 29.1. The van der Waals surface area contributed by atoms with Crippen LogP contribution in [0.5, 0.6) is 11.5 Å². The highest BCUT2D eigenvalue weighted by Gasteiger charge is 2.40. The largest absolute Gasteiger partial charge is 0.496 e. The van der Waals surface area contributed by atoms with E-state index in [0.717, 1.165) is 25.7 Å². The molecule has 0 radical (unpaired) electrons. The number of methoxy groups -OCH3 is 1. The summed E-state index contributed by atoms with van der Waals surface area (Å²) < 4.78 is 11.7. The normalized spacial score (nSPS) is 29.3. The van der Waals surface area contributed by atoms with E-state index in [-0.39, 0.29) is 63.8 Å². The Labute approximate surface area is 237 Å². The van der Waals surface area contributed by atoms with Gasteiger partial charge in [0.2, 0.25) is 5.91 Å². The maximum Gasteiger partial charge on any atom is 0.309 e. The van der Waals surface area contributed by atoms with Crippen LogP contribution in [0.4, 0.5) is 0 Å². The van der Waals surface area contributed by atoms with Crippen molar-refractivity contribution in [2.45, 2.75) is 97.1 Å². The van der Waals surface area contributed by atoms with Gasteiger partial charge in [0.05, 0.1) is 35.7 Å². The molecular weight excluding hydrogens is 510 g/mol. The number of nitrogens with zero attached hydrogens (tertiary/aromatic N) is 1. The average Bonchev–Trinajstić information content (AvgIpc) is 2.92. The Balaban J connectivity index is 1.50. The van der Waals surface area contributed by atoms with Crippen LogP contribution in [0, 0.1) is 34.0 Å². The van der Waals surface area contributed by atoms with Crippen molar-refractivity contribution in [3.05, 3.63) is 23.3 Å². The van der Waals surface area contributed by atoms with Gasteiger partial charge < -0.3 is 25.2 Å². The SMILES string of the molecule is COc1cc(C#N)c(OC2CCC(C)(C(=O)O)CC2)cc1C(=O)N[C@H]1[C@@H](C(=O)NCC2(C)CCC2)CCC[C@@H]1C. The smallest absolute Gasteiger partial charge is 0.309 e. The minimum Gasteiger partial charge on any atom is -0.496 e. The molecule has 3 fully saturated rings. The highest BCUT2D eigenvalue weighted by molar-refractivity contribution is 5.98. The Kier molecular flexibility index (Phi) is 8.96. The van der Waals surface area contributed by atoms with Crippen molar-refractivity contribution in [3.63, 3.8) is 0 Å². The van der Waals surface area contributed by atoms with Gasteiger partial charge in [0.25, 0.3) is 5.91 Å². The number of ether oxygens (including phenoxy) is 2. The molecule has 0 heterocycles. The van der Waals surface area contributed by atoms with Crippen LogP contribution in [0.1, 0.15) is 101 Å². The van der Waals surface area contributed by atoms with E-state index in [9.17, 15) is 24.8 Å². The first-order chi connectivity index (χ1) is 19.0. The molecule has 0 saturated heterocycles. The summed E-state index contributed by atoms with van der Waals surface area (Å²) in [5, 5.41) is 25.6. The molecule has 0 unspecified atom stereocenters. The zero-order valence-electron chi connectivity index (χ0n) is 24.2. The standard InChI is InChI=1S/C31H43N3O6/c1-19-7-5-8-22(27(35)33-18-30(2)11-6-12-30)26(19)34-28(36)23-16-24(20(17-32)15-25(23)39-4)40-21-9-13-31(3,14-10-21)29(37)38/h15-16,19,21-22,26H,5-14,18H2,1-4H3,(H,33,35)(H,34,36)(H,37,38)/t19-,21?,22-,26+,31?/m0/s1. The minimum absolute atomic E-state index is 0.00792. The Morgan fingerprint density at radius 3 is 2.33 bits per heavy atom. The molecule has 1 aromatic rings. The van der Waals surface area contributed by atoms with E-state index in [1.807, 2.05) is 0 Å². The first-order valence-electron chi connectivity index (χ1n) is 14.6. The van der Waals surface area contributed by atoms with Gasteiger partial charge in [0.1, 0.15) is 17.6 Å². The number of benzene rings is 1. The van der Waals surface area contributed by atoms with Crippen molar-refractivity contribution in [3.8, 4) is 17.6 Å². The Morgan fingerprint density at radius 2 is 1.75 bits per heavy atom. The maximum absolute atomic E-state index is 13.7. The molecule has 40 heavy (non-hydrogen) atoms. The van der Waals surface area contributed by atoms with Gasteiger partial charge in [0.15, 0.2) is 0 Å². The van der Waals surface area contributed by atoms with Crippen molar-refractivity contribution in [1.82, 2.24) is 10.6 Å². The van der Waals surface area contributed by atoms with E-state index >= 15 is 0 Å². The van der Waals surface area contributed by atoms with Crippen LogP contribution in [-0.4, -0.2) is 48.7 Å². The molecule has 0 bridgehead atoms. The van der Waals surface area contributed by atoms with E-state index in [2.05, 4.69) is 30.6 Å². The molecule has 1 aromatic carbocycles. The molecule has 218 valence electrons. The first kappa shape index (κ1) is 29.7. The third-order valence-electron chi connectivity index (χ3n) is 9.62. The van der Waals surface area contributed by atoms with Crippen LogP contribution in [-0.2, 0) is 9.59 Å². The summed E-state index contributed by atoms with van der Waals surface area (Å²) in [6.45, 7) is 6.68. The number of carboxylic acids is 1. The van der Waals surface area contributed by atoms with Crippen LogP contribution in [0.3, 0.4) is 0 Å². The number of amides is 2. The third kappa shape index (κ3) is 6.37. The second-order valence-corrected chi connectivity index (χ2v) is 12.7. The first-order valence-corrected chi connectivity index (χ1v) is 14.6. The number of carbonyl (C=O) groups excluding carboxylic acids is 2. The van der Waals surface area contributed by atoms with Crippen LogP contribution < -0.4 is 20.1 Å². The second kappa shape index (κ2) is 12.1. The fraction of sp³-hybridized carbons (Fsp3) is 0.677. The Bertz CT molecular complexity index is 1160. The summed E-state index contributed by atoms with van der Waals surface area (Å²) in [7, 11) is 1.45. The molecule has 0 spiro atoms. The van der Waals surface area contributed by atoms with Crippen LogP contribution in [0.2, 0.25) is 0 Å². The minimum atomic E-state index is -0.812. The summed E-state index contributed by atoms with van der Waals surface area (Å²) in [4.78, 5) is 38.5. The number of hydrogen-bond acceptors (Lipinski definition) is 6. The number of hydrogen-bond donors (Lipinski definition) is 3. The van der Waals surface area contributed by atoms with Crippen LogP contribution >= 0.6 is 0 Å². The van der Waals surface area contributed by atoms with Crippen LogP contribution in [0.25, 0.3) is 0 Å². The summed E-state index contributed by atoms with van der Waals surface area (Å²) >= 11 is 0. The molecule has 0 aliphatic heterocycles. The summed E-state index contributed by atoms with van der Waals surface area (Å²) in [5.74, 6) is -0.862. The summed E-state index contributed by atoms with van der Waals surface area (Å²) in [6, 6.07) is 4.84. The lowest BCUT2D eigenvalue weighted by Gasteiger charge is -2.40. The Hall–Kier alpha value is -3.28. The molecule has 3 atom stereocenters. The van der Waals surface area contributed by atoms with Crippen LogP contribution in [0.15, 0.2) is 12.1 Å². The number of nitrogens with one attached hydrogen (secondary N) is 2. The molecule has 0 aromatic heterocycles. The molecule has 9 heteroatoms. The van der Waals surface area contributed by atoms with Crippen molar-refractivity contribution in [1.29, 1.82) is 5.26 Å². The number of carbonyl (C=O) groups is 3. The highest BCUT2D eigenvalue weighted by atomic mass is 16.5. The Morgan fingerprint density at radius 1 is 1.05 bits per heavy atom. The van der Waals surface area contributed by atoms with Crippen molar-refractivity contribution in [2.24, 2.45) is 22.7 Å². The number of carboxylic acid groups (broad SMARTS) is 1. The van der Waals surface area contributed by atoms with Gasteiger partial charge in [-0.2, -0.15) is 5.26 Å². The molecule has 4 rings (SSSR count). The number of rotatable bonds is 9. The molecule has 2 amide bonds. The van der Waals surface area contributed by atoms with E-state index in [1.54, 1.807) is 6.92 Å². The highest BCUT2D eigenvalue weighted by Crippen LogP contribution is 2.40. The topological polar surface area (TPSA) is 138 Å². The number of aliphatic carboxylic acids is 1. The van der Waals surface area contributed by atoms with E-state index in [1.165, 1.54) is 25.7 Å². The molecule has 3 aliphatic carbocycles. The summed E-state index contributed by atoms with van der Waals surface area (Å²) in [6.07, 6.45) is 7.78. The number of nitriles is 1. The zero-order valence-corrected chi connectivity index (χ0v) is 24.2. The van der Waals surface area contributed by atoms with Gasteiger partial charge in [-0.15, -0.1) is 0 Å². The second-order valence-electron chi connectivity index (χ2n) is 12.7. The average molecular weight is 554 g/mol. The molecule has 3 saturated carbocycles. The molecule has 3 aliphatic rings. The van der Waals surface area contributed by atoms with E-state index in [4.69, 9.17) is 9.47 Å². The predicted molar refractivity (Wildman–Crippen MR) is 149 cm³/mol. The van der Waals surface area contributed by atoms with Gasteiger partial charge in [-0.05, 0) is 75.7 Å². The molecule has 9 nitrogen and oxygen atoms in total. The van der Waals surface area contributed by atoms with E-state index < -0.39 is 11.4 Å². The van der Waals surface area contributed by atoms with Crippen molar-refractivity contribution in [2.75, 3.05) is 13.7 Å². The lowest BCUT2D eigenvalue weighted by molar-refractivity contribution is -0.150. The van der Waals surface area contributed by atoms with Gasteiger partial charge in [-0.25, -0.2) is 0 Å². The maximum atomic E-state index is 13.7. The van der Waals surface area contributed by atoms with E-state index in [0.29, 0.717) is 38.6 Å². The predicted octanol–water partition coefficient (Wildman–Crippen LogP) is 4.82. The lowest BCUT2D eigenvalue weighted by atomic mass is 9.70. The molecule has 3 N–H and O–H groups in total. The monoisotopic (exact) mass is 553 g/mol. The summed E-state index contributed by atoms with van der Waals surface area (Å²) in [5.41, 5.74) is -0.127. The lowest BCUT2D eigenvalue weighted by Crippen LogP contribution is -2.53. The fourth-order valence-corrected chi connectivity index (χ4v) is 6.40. The fourth-order valence-electron chi connectivity index (χ4n) is 6.40.